The van der Waals surface area contributed by atoms with Crippen LogP contribution in [0, 0.1) is 0 Å². The summed E-state index contributed by atoms with van der Waals surface area (Å²) in [5.41, 5.74) is -0.0255. The van der Waals surface area contributed by atoms with Gasteiger partial charge in [0.05, 0.1) is 0 Å². The Morgan fingerprint density at radius 2 is 1.77 bits per heavy atom. The van der Waals surface area contributed by atoms with Crippen molar-refractivity contribution >= 4 is 5.91 Å². The van der Waals surface area contributed by atoms with Crippen LogP contribution in [0.5, 0.6) is 0 Å². The zero-order valence-electron chi connectivity index (χ0n) is 9.13. The fourth-order valence-electron chi connectivity index (χ4n) is 1.64. The lowest BCUT2D eigenvalue weighted by Crippen LogP contribution is -2.46. The quantitative estimate of drug-likeness (QED) is 0.559. The highest BCUT2D eigenvalue weighted by molar-refractivity contribution is 5.77. The van der Waals surface area contributed by atoms with Gasteiger partial charge in [0, 0.05) is 31.6 Å². The number of hydrogen-bond acceptors (Lipinski definition) is 2. The Hall–Kier alpha value is -0.570. The molecule has 1 saturated heterocycles. The number of carbonyl (C=O) groups is 1. The molecule has 1 amide bonds. The van der Waals surface area contributed by atoms with Gasteiger partial charge in [-0.1, -0.05) is 0 Å². The van der Waals surface area contributed by atoms with E-state index in [4.69, 9.17) is 0 Å². The fraction of sp³-hybridized carbons (Fsp3) is 0.900. The van der Waals surface area contributed by atoms with E-state index in [0.717, 1.165) is 19.6 Å². The monoisotopic (exact) mass is 184 g/mol. The van der Waals surface area contributed by atoms with E-state index in [9.17, 15) is 4.79 Å². The summed E-state index contributed by atoms with van der Waals surface area (Å²) in [6, 6.07) is 0. The first-order valence-electron chi connectivity index (χ1n) is 4.90. The van der Waals surface area contributed by atoms with Gasteiger partial charge in [-0.05, 0) is 27.8 Å². The summed E-state index contributed by atoms with van der Waals surface area (Å²) in [5, 5.41) is 0. The first-order valence-corrected chi connectivity index (χ1v) is 4.90. The molecule has 1 heterocycles. The summed E-state index contributed by atoms with van der Waals surface area (Å²) in [7, 11) is 2.07. The molecule has 3 nitrogen and oxygen atoms in total. The standard InChI is InChI=1S/C10H20N2O/c1-10(2,3)12-8-7-11(4)6-5-9(12)13/h5-8H2,1-4H3. The summed E-state index contributed by atoms with van der Waals surface area (Å²) in [6.07, 6.45) is 0.660. The van der Waals surface area contributed by atoms with Crippen LogP contribution in [0.25, 0.3) is 0 Å². The van der Waals surface area contributed by atoms with Crippen molar-refractivity contribution in [1.29, 1.82) is 0 Å². The molecule has 0 spiro atoms. The Balaban J connectivity index is 2.68. The van der Waals surface area contributed by atoms with Crippen molar-refractivity contribution in [3.8, 4) is 0 Å². The molecule has 3 heteroatoms. The van der Waals surface area contributed by atoms with Crippen LogP contribution < -0.4 is 0 Å². The van der Waals surface area contributed by atoms with Crippen LogP contribution in [0.2, 0.25) is 0 Å². The van der Waals surface area contributed by atoms with Gasteiger partial charge < -0.3 is 9.80 Å². The molecule has 1 aliphatic heterocycles. The zero-order valence-corrected chi connectivity index (χ0v) is 9.13. The summed E-state index contributed by atoms with van der Waals surface area (Å²) >= 11 is 0. The van der Waals surface area contributed by atoms with E-state index in [0.29, 0.717) is 6.42 Å². The van der Waals surface area contributed by atoms with E-state index in [1.165, 1.54) is 0 Å². The van der Waals surface area contributed by atoms with Gasteiger partial charge in [0.1, 0.15) is 0 Å². The molecule has 0 saturated carbocycles. The van der Waals surface area contributed by atoms with Crippen molar-refractivity contribution in [2.24, 2.45) is 0 Å². The minimum atomic E-state index is -0.0255. The SMILES string of the molecule is CN1CCC(=O)N(C(C)(C)C)CC1. The van der Waals surface area contributed by atoms with E-state index >= 15 is 0 Å². The van der Waals surface area contributed by atoms with Crippen LogP contribution in [-0.2, 0) is 4.79 Å². The molecule has 0 atom stereocenters. The Morgan fingerprint density at radius 3 is 2.31 bits per heavy atom. The molecule has 0 bridgehead atoms. The molecule has 1 rings (SSSR count). The molecular formula is C10H20N2O. The van der Waals surface area contributed by atoms with Crippen LogP contribution in [0.4, 0.5) is 0 Å². The van der Waals surface area contributed by atoms with Gasteiger partial charge in [0.15, 0.2) is 0 Å². The van der Waals surface area contributed by atoms with Crippen molar-refractivity contribution in [2.45, 2.75) is 32.7 Å². The normalized spacial score (nSPS) is 21.8. The summed E-state index contributed by atoms with van der Waals surface area (Å²) in [6.45, 7) is 9.02. The van der Waals surface area contributed by atoms with Gasteiger partial charge in [-0.25, -0.2) is 0 Å². The summed E-state index contributed by atoms with van der Waals surface area (Å²) in [5.74, 6) is 0.289. The van der Waals surface area contributed by atoms with E-state index in [1.807, 2.05) is 4.90 Å². The van der Waals surface area contributed by atoms with E-state index in [-0.39, 0.29) is 11.4 Å². The molecule has 0 N–H and O–H groups in total. The Bertz CT molecular complexity index is 196. The van der Waals surface area contributed by atoms with Gasteiger partial charge in [-0.2, -0.15) is 0 Å². The van der Waals surface area contributed by atoms with Gasteiger partial charge in [-0.3, -0.25) is 4.79 Å². The molecule has 0 radical (unpaired) electrons. The largest absolute Gasteiger partial charge is 0.337 e. The Morgan fingerprint density at radius 1 is 1.15 bits per heavy atom. The minimum absolute atomic E-state index is 0.0255. The molecule has 76 valence electrons. The lowest BCUT2D eigenvalue weighted by atomic mass is 10.1. The van der Waals surface area contributed by atoms with E-state index in [2.05, 4.69) is 32.7 Å². The highest BCUT2D eigenvalue weighted by Gasteiger charge is 2.28. The third-order valence-electron chi connectivity index (χ3n) is 2.52. The van der Waals surface area contributed by atoms with Crippen LogP contribution in [0.15, 0.2) is 0 Å². The number of hydrogen-bond donors (Lipinski definition) is 0. The first kappa shape index (κ1) is 10.5. The van der Waals surface area contributed by atoms with Gasteiger partial charge in [-0.15, -0.1) is 0 Å². The third kappa shape index (κ3) is 2.69. The number of amides is 1. The van der Waals surface area contributed by atoms with Gasteiger partial charge >= 0.3 is 0 Å². The minimum Gasteiger partial charge on any atom is -0.337 e. The molecule has 0 aliphatic carbocycles. The maximum atomic E-state index is 11.7. The fourth-order valence-corrected chi connectivity index (χ4v) is 1.64. The molecule has 0 aromatic carbocycles. The lowest BCUT2D eigenvalue weighted by molar-refractivity contribution is -0.134. The molecule has 0 unspecified atom stereocenters. The maximum absolute atomic E-state index is 11.7. The average molecular weight is 184 g/mol. The zero-order chi connectivity index (χ0) is 10.1. The number of rotatable bonds is 0. The number of carbonyl (C=O) groups excluding carboxylic acids is 1. The summed E-state index contributed by atoms with van der Waals surface area (Å²) in [4.78, 5) is 15.9. The predicted molar refractivity (Wildman–Crippen MR) is 53.6 cm³/mol. The summed E-state index contributed by atoms with van der Waals surface area (Å²) < 4.78 is 0. The van der Waals surface area contributed by atoms with Crippen molar-refractivity contribution in [2.75, 3.05) is 26.7 Å². The predicted octanol–water partition coefficient (Wildman–Crippen LogP) is 0.949. The number of nitrogens with zero attached hydrogens (tertiary/aromatic N) is 2. The first-order chi connectivity index (χ1) is 5.91. The third-order valence-corrected chi connectivity index (χ3v) is 2.52. The van der Waals surface area contributed by atoms with Crippen molar-refractivity contribution in [3.63, 3.8) is 0 Å². The average Bonchev–Trinajstić information content (AvgIpc) is 2.12. The highest BCUT2D eigenvalue weighted by atomic mass is 16.2. The van der Waals surface area contributed by atoms with Crippen LogP contribution >= 0.6 is 0 Å². The van der Waals surface area contributed by atoms with Crippen LogP contribution in [-0.4, -0.2) is 47.9 Å². The van der Waals surface area contributed by atoms with Gasteiger partial charge in [0.25, 0.3) is 0 Å². The van der Waals surface area contributed by atoms with E-state index < -0.39 is 0 Å². The second-order valence-corrected chi connectivity index (χ2v) is 4.77. The Labute approximate surface area is 80.7 Å². The van der Waals surface area contributed by atoms with E-state index in [1.54, 1.807) is 0 Å². The topological polar surface area (TPSA) is 23.6 Å². The smallest absolute Gasteiger partial charge is 0.224 e. The molecule has 0 aromatic heterocycles. The van der Waals surface area contributed by atoms with Crippen LogP contribution in [0.1, 0.15) is 27.2 Å². The second kappa shape index (κ2) is 3.66. The van der Waals surface area contributed by atoms with Crippen molar-refractivity contribution < 1.29 is 4.79 Å². The highest BCUT2D eigenvalue weighted by Crippen LogP contribution is 2.16. The Kier molecular flexibility index (Phi) is 2.96. The van der Waals surface area contributed by atoms with Gasteiger partial charge in [0.2, 0.25) is 5.91 Å². The molecule has 1 aliphatic rings. The maximum Gasteiger partial charge on any atom is 0.224 e. The second-order valence-electron chi connectivity index (χ2n) is 4.77. The molecule has 1 fully saturated rings. The molecule has 13 heavy (non-hydrogen) atoms. The van der Waals surface area contributed by atoms with Crippen molar-refractivity contribution in [1.82, 2.24) is 9.80 Å². The lowest BCUT2D eigenvalue weighted by Gasteiger charge is -2.34. The van der Waals surface area contributed by atoms with Crippen LogP contribution in [0.3, 0.4) is 0 Å². The molecule has 0 aromatic rings. The molecular weight excluding hydrogens is 164 g/mol. The number of likely N-dealkylation sites (N-methyl/N-ethyl adjacent to an activating group) is 1. The van der Waals surface area contributed by atoms with Crippen molar-refractivity contribution in [3.05, 3.63) is 0 Å².